The van der Waals surface area contributed by atoms with Crippen molar-refractivity contribution in [2.45, 2.75) is 22.8 Å². The second-order valence-electron chi connectivity index (χ2n) is 12.3. The molecule has 0 aliphatic carbocycles. The second kappa shape index (κ2) is 11.8. The molecule has 3 aromatic carbocycles. The number of anilines is 1. The maximum atomic E-state index is 13.1. The number of hydrogen-bond donors (Lipinski definition) is 2. The number of rotatable bonds is 9. The Morgan fingerprint density at radius 1 is 0.875 bits per heavy atom. The molecule has 6 nitrogen and oxygen atoms in total. The van der Waals surface area contributed by atoms with Crippen LogP contribution in [0.4, 0.5) is 5.69 Å². The van der Waals surface area contributed by atoms with Crippen LogP contribution in [0, 0.1) is 0 Å². The molecule has 0 saturated carbocycles. The van der Waals surface area contributed by atoms with Crippen LogP contribution in [-0.4, -0.2) is 70.5 Å². The van der Waals surface area contributed by atoms with Crippen LogP contribution in [0.2, 0.25) is 0 Å². The molecule has 0 bridgehead atoms. The van der Waals surface area contributed by atoms with E-state index in [1.807, 2.05) is 60.7 Å². The van der Waals surface area contributed by atoms with E-state index in [4.69, 9.17) is 10.5 Å². The van der Waals surface area contributed by atoms with Crippen LogP contribution in [0.1, 0.15) is 38.5 Å². The van der Waals surface area contributed by atoms with Crippen molar-refractivity contribution in [1.82, 2.24) is 4.98 Å². The molecule has 40 heavy (non-hydrogen) atoms. The van der Waals surface area contributed by atoms with E-state index in [-0.39, 0.29) is 35.3 Å². The fourth-order valence-electron chi connectivity index (χ4n) is 4.67. The molecular formula is C28H33B6N3O3. The number of carbonyl (C=O) groups excluding carboxylic acids is 2. The van der Waals surface area contributed by atoms with Gasteiger partial charge in [-0.1, -0.05) is 63.8 Å². The molecule has 1 amide bonds. The lowest BCUT2D eigenvalue weighted by molar-refractivity contribution is -0.117. The first-order valence-electron chi connectivity index (χ1n) is 13.6. The van der Waals surface area contributed by atoms with Crippen LogP contribution in [0.5, 0.6) is 0 Å². The maximum absolute atomic E-state index is 13.1. The minimum atomic E-state index is -0.514. The van der Waals surface area contributed by atoms with Crippen LogP contribution >= 0.6 is 0 Å². The molecule has 0 saturated heterocycles. The molecule has 0 fully saturated rings. The van der Waals surface area contributed by atoms with E-state index in [2.05, 4.69) is 63.4 Å². The number of fused-ring (bicyclic) bond motifs is 1. The fraction of sp³-hybridized carbons (Fsp3) is 0.179. The predicted octanol–water partition coefficient (Wildman–Crippen LogP) is -1.71. The number of ether oxygens (including phenoxy) is 1. The highest BCUT2D eigenvalue weighted by molar-refractivity contribution is 6.60. The lowest BCUT2D eigenvalue weighted by Gasteiger charge is -2.27. The van der Waals surface area contributed by atoms with Crippen LogP contribution < -0.4 is 11.1 Å². The largest absolute Gasteiger partial charge is 0.457 e. The van der Waals surface area contributed by atoms with Crippen molar-refractivity contribution in [3.05, 3.63) is 107 Å². The van der Waals surface area contributed by atoms with Crippen LogP contribution in [0.3, 0.4) is 0 Å². The molecule has 4 aromatic rings. The topological polar surface area (TPSA) is 94.3 Å². The van der Waals surface area contributed by atoms with Crippen molar-refractivity contribution >= 4 is 75.4 Å². The van der Waals surface area contributed by atoms with E-state index < -0.39 is 5.92 Å². The monoisotopic (exact) mass is 525 g/mol. The second-order valence-corrected chi connectivity index (χ2v) is 12.3. The van der Waals surface area contributed by atoms with E-state index in [0.29, 0.717) is 11.3 Å². The van der Waals surface area contributed by atoms with Gasteiger partial charge in [0.25, 0.3) is 0 Å². The summed E-state index contributed by atoms with van der Waals surface area (Å²) >= 11 is 0. The van der Waals surface area contributed by atoms with Crippen molar-refractivity contribution in [2.24, 2.45) is 5.73 Å². The third kappa shape index (κ3) is 6.92. The summed E-state index contributed by atoms with van der Waals surface area (Å²) in [6.07, 6.45) is 3.51. The Kier molecular flexibility index (Phi) is 8.69. The number of aromatic nitrogens is 1. The SMILES string of the molecule is BC(B)(B)c1ccc(C(=O)OCc2ccc([C@@H](CN)C(=O)Nc3ccc4cnccc4c3)cc2)c(C(B)(B)B)c1. The van der Waals surface area contributed by atoms with Gasteiger partial charge in [-0.2, -0.15) is 0 Å². The van der Waals surface area contributed by atoms with E-state index >= 15 is 0 Å². The molecule has 12 heteroatoms. The number of nitrogens with one attached hydrogen (secondary N) is 1. The Labute approximate surface area is 241 Å². The van der Waals surface area contributed by atoms with Crippen molar-refractivity contribution in [3.63, 3.8) is 0 Å². The summed E-state index contributed by atoms with van der Waals surface area (Å²) in [5.41, 5.74) is 11.1. The Bertz CT molecular complexity index is 1540. The average molecular weight is 524 g/mol. The highest BCUT2D eigenvalue weighted by atomic mass is 16.5. The van der Waals surface area contributed by atoms with Gasteiger partial charge in [0.1, 0.15) is 6.61 Å². The van der Waals surface area contributed by atoms with Crippen molar-refractivity contribution in [1.29, 1.82) is 0 Å². The van der Waals surface area contributed by atoms with Crippen molar-refractivity contribution < 1.29 is 14.3 Å². The lowest BCUT2D eigenvalue weighted by Crippen LogP contribution is -2.32. The first-order valence-corrected chi connectivity index (χ1v) is 13.6. The number of nitrogens with zero attached hydrogens (tertiary/aromatic N) is 1. The van der Waals surface area contributed by atoms with Crippen molar-refractivity contribution in [3.8, 4) is 0 Å². The Balaban J connectivity index is 1.43. The summed E-state index contributed by atoms with van der Waals surface area (Å²) in [7, 11) is 12.8. The predicted molar refractivity (Wildman–Crippen MR) is 179 cm³/mol. The average Bonchev–Trinajstić information content (AvgIpc) is 2.91. The van der Waals surface area contributed by atoms with Gasteiger partial charge in [0.15, 0.2) is 0 Å². The molecule has 1 heterocycles. The van der Waals surface area contributed by atoms with Crippen LogP contribution in [0.15, 0.2) is 79.1 Å². The maximum Gasteiger partial charge on any atom is 0.338 e. The number of amides is 1. The summed E-state index contributed by atoms with van der Waals surface area (Å²) in [5.74, 6) is -1.04. The Morgan fingerprint density at radius 2 is 1.60 bits per heavy atom. The number of carbonyl (C=O) groups is 2. The van der Waals surface area contributed by atoms with Crippen LogP contribution in [0.25, 0.3) is 10.8 Å². The van der Waals surface area contributed by atoms with Gasteiger partial charge in [0, 0.05) is 30.0 Å². The molecule has 0 radical (unpaired) electrons. The minimum absolute atomic E-state index is 0.0182. The quantitative estimate of drug-likeness (QED) is 0.201. The zero-order chi connectivity index (χ0) is 29.1. The normalized spacial score (nSPS) is 12.5. The van der Waals surface area contributed by atoms with Gasteiger partial charge < -0.3 is 15.8 Å². The highest BCUT2D eigenvalue weighted by Gasteiger charge is 2.26. The summed E-state index contributed by atoms with van der Waals surface area (Å²) < 4.78 is 5.72. The van der Waals surface area contributed by atoms with Crippen molar-refractivity contribution in [2.75, 3.05) is 11.9 Å². The summed E-state index contributed by atoms with van der Waals surface area (Å²) in [6.45, 7) is 0.299. The number of hydrogen-bond acceptors (Lipinski definition) is 5. The molecule has 4 rings (SSSR count). The van der Waals surface area contributed by atoms with Gasteiger partial charge in [-0.15, -0.1) is 0 Å². The first-order chi connectivity index (χ1) is 18.9. The number of esters is 1. The number of pyridine rings is 1. The Morgan fingerprint density at radius 3 is 2.25 bits per heavy atom. The standard InChI is InChI=1S/C28H33B6N3O3/c29-27(30,31)20-6-8-22(24(12-20)28(32,33)34)26(39)40-15-16-1-3-17(4-2-16)23(13-35)25(38)37-21-7-5-19-14-36-10-9-18(19)11-21/h1-12,14,23H,13,15,29-35H2,(H,37,38)/t23-/m1/s1. The van der Waals surface area contributed by atoms with Crippen LogP contribution in [-0.2, 0) is 26.4 Å². The third-order valence-electron chi connectivity index (χ3n) is 7.13. The zero-order valence-electron chi connectivity index (χ0n) is 24.2. The number of benzene rings is 3. The van der Waals surface area contributed by atoms with Gasteiger partial charge in [-0.05, 0) is 40.8 Å². The zero-order valence-corrected chi connectivity index (χ0v) is 24.2. The van der Waals surface area contributed by atoms with E-state index in [9.17, 15) is 9.59 Å². The molecule has 3 N–H and O–H groups in total. The third-order valence-corrected chi connectivity index (χ3v) is 7.13. The Hall–Kier alpha value is -3.64. The summed E-state index contributed by atoms with van der Waals surface area (Å²) in [4.78, 5) is 30.3. The number of nitrogens with two attached hydrogens (primary N) is 1. The molecule has 0 unspecified atom stereocenters. The fourth-order valence-corrected chi connectivity index (χ4v) is 4.67. The smallest absolute Gasteiger partial charge is 0.338 e. The minimum Gasteiger partial charge on any atom is -0.457 e. The van der Waals surface area contributed by atoms with E-state index in [1.165, 1.54) is 5.56 Å². The molecule has 196 valence electrons. The first kappa shape index (κ1) is 29.3. The van der Waals surface area contributed by atoms with Gasteiger partial charge in [-0.3, -0.25) is 9.78 Å². The molecular weight excluding hydrogens is 491 g/mol. The summed E-state index contributed by atoms with van der Waals surface area (Å²) in [5, 5.41) is 4.75. The molecule has 0 spiro atoms. The molecule has 1 aromatic heterocycles. The van der Waals surface area contributed by atoms with E-state index in [0.717, 1.165) is 27.5 Å². The van der Waals surface area contributed by atoms with Gasteiger partial charge in [0.2, 0.25) is 5.91 Å². The molecule has 0 aliphatic heterocycles. The summed E-state index contributed by atoms with van der Waals surface area (Å²) in [6, 6.07) is 21.1. The van der Waals surface area contributed by atoms with Gasteiger partial charge >= 0.3 is 5.97 Å². The molecule has 0 aliphatic rings. The van der Waals surface area contributed by atoms with E-state index in [1.54, 1.807) is 12.4 Å². The van der Waals surface area contributed by atoms with Gasteiger partial charge in [0.05, 0.1) is 58.6 Å². The van der Waals surface area contributed by atoms with Gasteiger partial charge in [-0.25, -0.2) is 4.79 Å². The highest BCUT2D eigenvalue weighted by Crippen LogP contribution is 2.26. The molecule has 1 atom stereocenters. The lowest BCUT2D eigenvalue weighted by atomic mass is 9.37.